The molecule has 0 saturated heterocycles. The summed E-state index contributed by atoms with van der Waals surface area (Å²) in [6.45, 7) is 0. The van der Waals surface area contributed by atoms with Crippen LogP contribution in [0.25, 0.3) is 0 Å². The first kappa shape index (κ1) is 25.5. The van der Waals surface area contributed by atoms with Gasteiger partial charge in [-0.15, -0.1) is 6.89 Å². The van der Waals surface area contributed by atoms with E-state index in [4.69, 9.17) is 39.5 Å². The zero-order chi connectivity index (χ0) is 18.6. The topological polar surface area (TPSA) is 124 Å². The number of nitrogens with zero attached hydrogens (tertiary/aromatic N) is 2. The quantitative estimate of drug-likeness (QED) is 0.374. The normalized spacial score (nSPS) is 13.2. The van der Waals surface area contributed by atoms with Crippen molar-refractivity contribution < 1.29 is 24.6 Å². The maximum Gasteiger partial charge on any atom is 0.323 e. The number of carbonyl (C=O) groups is 3. The minimum atomic E-state index is -1.11. The summed E-state index contributed by atoms with van der Waals surface area (Å²) in [6, 6.07) is -1.59. The maximum atomic E-state index is 10.5. The molecule has 13 heteroatoms. The van der Waals surface area contributed by atoms with E-state index in [0.717, 1.165) is 12.6 Å². The summed E-state index contributed by atoms with van der Waals surface area (Å²) >= 11 is 18.0. The van der Waals surface area contributed by atoms with Gasteiger partial charge in [-0.25, -0.2) is 0 Å². The molecule has 0 bridgehead atoms. The van der Waals surface area contributed by atoms with Crippen LogP contribution in [0.15, 0.2) is 0 Å². The van der Waals surface area contributed by atoms with Gasteiger partial charge in [-0.2, -0.15) is 11.8 Å². The van der Waals surface area contributed by atoms with Crippen LogP contribution in [0.5, 0.6) is 0 Å². The fourth-order valence-corrected chi connectivity index (χ4v) is 2.70. The number of nitrogens with two attached hydrogens (primary N) is 1. The Bertz CT molecular complexity index is 394. The van der Waals surface area contributed by atoms with Crippen LogP contribution >= 0.6 is 67.6 Å². The summed E-state index contributed by atoms with van der Waals surface area (Å²) in [4.78, 5) is 31.2. The van der Waals surface area contributed by atoms with E-state index in [0.29, 0.717) is 6.42 Å². The van der Waals surface area contributed by atoms with Gasteiger partial charge in [-0.05, 0) is 48.4 Å². The van der Waals surface area contributed by atoms with E-state index in [9.17, 15) is 14.4 Å². The number of thioether (sulfide) groups is 1. The number of halogens is 4. The van der Waals surface area contributed by atoms with Crippen molar-refractivity contribution in [2.24, 2.45) is 5.73 Å². The first-order chi connectivity index (χ1) is 10.5. The summed E-state index contributed by atoms with van der Waals surface area (Å²) in [5.41, 5.74) is 4.83. The molecule has 0 aliphatic heterocycles. The van der Waals surface area contributed by atoms with Crippen molar-refractivity contribution in [1.82, 2.24) is 6.89 Å². The van der Waals surface area contributed by atoms with Crippen LogP contribution in [-0.2, 0) is 14.4 Å². The van der Waals surface area contributed by atoms with E-state index >= 15 is 0 Å². The van der Waals surface area contributed by atoms with Gasteiger partial charge in [0.15, 0.2) is 0 Å². The number of carbonyl (C=O) groups excluding carboxylic acids is 1. The zero-order valence-corrected chi connectivity index (χ0v) is 17.5. The minimum absolute atomic E-state index is 0.00815. The molecule has 1 amide bonds. The molecule has 0 spiro atoms. The molecule has 0 rings (SSSR count). The highest BCUT2D eigenvalue weighted by molar-refractivity contribution is 9.08. The second kappa shape index (κ2) is 14.6. The Labute approximate surface area is 165 Å². The van der Waals surface area contributed by atoms with Crippen LogP contribution in [0.3, 0.4) is 0 Å². The third-order valence-corrected chi connectivity index (χ3v) is 4.40. The van der Waals surface area contributed by atoms with E-state index in [1.165, 1.54) is 0 Å². The number of carboxylic acids is 2. The van der Waals surface area contributed by atoms with Crippen molar-refractivity contribution in [2.75, 3.05) is 12.0 Å². The van der Waals surface area contributed by atoms with Gasteiger partial charge >= 0.3 is 11.9 Å². The summed E-state index contributed by atoms with van der Waals surface area (Å²) in [7, 11) is 0. The van der Waals surface area contributed by atoms with E-state index in [-0.39, 0.29) is 12.8 Å². The summed E-state index contributed by atoms with van der Waals surface area (Å²) in [6.07, 6.45) is 2.53. The highest BCUT2D eigenvalue weighted by Gasteiger charge is 2.23. The molecule has 8 nitrogen and oxygen atoms in total. The predicted octanol–water partition coefficient (Wildman–Crippen LogP) is 2.43. The van der Waals surface area contributed by atoms with Crippen LogP contribution < -0.4 is 5.73 Å². The highest BCUT2D eigenvalue weighted by atomic mass is 79.9. The molecule has 0 aliphatic carbocycles. The molecule has 0 aromatic heterocycles. The lowest BCUT2D eigenvalue weighted by molar-refractivity contribution is -0.141. The van der Waals surface area contributed by atoms with Gasteiger partial charge in [-0.1, -0.05) is 0 Å². The van der Waals surface area contributed by atoms with E-state index < -0.39 is 29.9 Å². The Morgan fingerprint density at radius 2 is 1.48 bits per heavy atom. The summed E-state index contributed by atoms with van der Waals surface area (Å²) in [5, 5.41) is 17.2. The molecule has 2 atom stereocenters. The van der Waals surface area contributed by atoms with Crippen LogP contribution in [0, 0.1) is 0 Å². The Hall–Kier alpha value is 0.220. The molecule has 0 aromatic rings. The third kappa shape index (κ3) is 14.3. The van der Waals surface area contributed by atoms with Crippen molar-refractivity contribution in [2.45, 2.75) is 31.3 Å². The molecule has 0 heterocycles. The van der Waals surface area contributed by atoms with Crippen molar-refractivity contribution in [3.63, 3.8) is 0 Å². The first-order valence-electron chi connectivity index (χ1n) is 5.99. The molecular formula is C10H17Br2Cl2N3O5S. The number of hydrogen-bond acceptors (Lipinski definition) is 6. The largest absolute Gasteiger partial charge is 0.480 e. The van der Waals surface area contributed by atoms with Crippen LogP contribution in [0.1, 0.15) is 19.3 Å². The van der Waals surface area contributed by atoms with Crippen molar-refractivity contribution in [3.8, 4) is 0 Å². The number of primary amides is 1. The van der Waals surface area contributed by atoms with Crippen LogP contribution in [0.4, 0.5) is 0 Å². The highest BCUT2D eigenvalue weighted by Crippen LogP contribution is 2.15. The van der Waals surface area contributed by atoms with Crippen LogP contribution in [-0.4, -0.2) is 59.0 Å². The standard InChI is InChI=1S/C5H8BrClN2O3.C5H9BrClNO2S/c6-9(7)3(5(11)12)1-2-4(8)10;1-11-3-2-4(5(9)10)8(6)7/h3H,1-2H2,(H2,8,10)(H,11,12);4H,2-3H2,1H3,(H,9,10)/t3-;4-/m00/s1. The summed E-state index contributed by atoms with van der Waals surface area (Å²) in [5.74, 6) is -1.78. The molecule has 136 valence electrons. The molecule has 0 aromatic carbocycles. The summed E-state index contributed by atoms with van der Waals surface area (Å²) < 4.78 is 1.85. The number of amides is 1. The SMILES string of the molecule is CSCC[C@@H](C(=O)O)N(Cl)Br.NC(=O)CC[C@@H](C(=O)O)N(Cl)Br. The predicted molar refractivity (Wildman–Crippen MR) is 97.5 cm³/mol. The Kier molecular flexibility index (Phi) is 16.1. The molecule has 0 aliphatic rings. The van der Waals surface area contributed by atoms with Gasteiger partial charge < -0.3 is 15.9 Å². The van der Waals surface area contributed by atoms with Crippen molar-refractivity contribution >= 4 is 85.5 Å². The molecule has 4 N–H and O–H groups in total. The fourth-order valence-electron chi connectivity index (χ4n) is 1.12. The molecule has 0 fully saturated rings. The van der Waals surface area contributed by atoms with Crippen molar-refractivity contribution in [3.05, 3.63) is 0 Å². The lowest BCUT2D eigenvalue weighted by Gasteiger charge is -2.13. The lowest BCUT2D eigenvalue weighted by Crippen LogP contribution is -2.30. The first-order valence-corrected chi connectivity index (χ1v) is 9.47. The Morgan fingerprint density at radius 3 is 1.74 bits per heavy atom. The van der Waals surface area contributed by atoms with Gasteiger partial charge in [0.25, 0.3) is 0 Å². The molecule has 0 radical (unpaired) electrons. The van der Waals surface area contributed by atoms with Crippen molar-refractivity contribution in [1.29, 1.82) is 0 Å². The molecule has 0 unspecified atom stereocenters. The number of rotatable bonds is 10. The Balaban J connectivity index is 0. The van der Waals surface area contributed by atoms with E-state index in [1.807, 2.05) is 6.26 Å². The van der Waals surface area contributed by atoms with Gasteiger partial charge in [0.2, 0.25) is 5.91 Å². The average Bonchev–Trinajstić information content (AvgIpc) is 2.37. The second-order valence-electron chi connectivity index (χ2n) is 4.01. The van der Waals surface area contributed by atoms with Gasteiger partial charge in [0.05, 0.1) is 0 Å². The maximum absolute atomic E-state index is 10.5. The molecule has 0 saturated carbocycles. The Morgan fingerprint density at radius 1 is 1.09 bits per heavy atom. The number of aliphatic carboxylic acids is 2. The second-order valence-corrected chi connectivity index (χ2v) is 8.07. The number of hydrogen-bond donors (Lipinski definition) is 3. The smallest absolute Gasteiger partial charge is 0.323 e. The fraction of sp³-hybridized carbons (Fsp3) is 0.700. The zero-order valence-electron chi connectivity index (χ0n) is 12.0. The van der Waals surface area contributed by atoms with Gasteiger partial charge in [0, 0.05) is 38.7 Å². The van der Waals surface area contributed by atoms with Gasteiger partial charge in [-0.3, -0.25) is 14.4 Å². The lowest BCUT2D eigenvalue weighted by atomic mass is 10.2. The van der Waals surface area contributed by atoms with Crippen LogP contribution in [0.2, 0.25) is 0 Å². The van der Waals surface area contributed by atoms with E-state index in [1.54, 1.807) is 11.8 Å². The van der Waals surface area contributed by atoms with E-state index in [2.05, 4.69) is 32.3 Å². The average molecular weight is 522 g/mol. The minimum Gasteiger partial charge on any atom is -0.480 e. The number of carboxylic acid groups (broad SMARTS) is 2. The monoisotopic (exact) mass is 519 g/mol. The third-order valence-electron chi connectivity index (χ3n) is 2.30. The van der Waals surface area contributed by atoms with Gasteiger partial charge in [0.1, 0.15) is 12.1 Å². The molecule has 23 heavy (non-hydrogen) atoms. The molecular weight excluding hydrogens is 505 g/mol.